The van der Waals surface area contributed by atoms with Gasteiger partial charge < -0.3 is 9.84 Å². The van der Waals surface area contributed by atoms with Crippen LogP contribution in [0.25, 0.3) is 0 Å². The molecule has 0 spiro atoms. The average Bonchev–Trinajstić information content (AvgIpc) is 2.30. The first kappa shape index (κ1) is 11.1. The van der Waals surface area contributed by atoms with Crippen LogP contribution in [0, 0.1) is 5.92 Å². The van der Waals surface area contributed by atoms with Crippen molar-refractivity contribution in [2.75, 3.05) is 13.2 Å². The van der Waals surface area contributed by atoms with Crippen LogP contribution >= 0.6 is 15.9 Å². The summed E-state index contributed by atoms with van der Waals surface area (Å²) in [6, 6.07) is 7.83. The summed E-state index contributed by atoms with van der Waals surface area (Å²) in [5.74, 6) is 0.234. The zero-order valence-electron chi connectivity index (χ0n) is 8.53. The fraction of sp³-hybridized carbons (Fsp3) is 0.500. The van der Waals surface area contributed by atoms with Crippen LogP contribution in [0.4, 0.5) is 0 Å². The molecular formula is C12H15BrO2. The first-order chi connectivity index (χ1) is 7.29. The lowest BCUT2D eigenvalue weighted by atomic mass is 9.91. The number of aliphatic hydroxyl groups is 1. The molecule has 1 heterocycles. The molecule has 2 atom stereocenters. The first-order valence-corrected chi connectivity index (χ1v) is 6.08. The first-order valence-electron chi connectivity index (χ1n) is 5.29. The van der Waals surface area contributed by atoms with Crippen LogP contribution in [0.2, 0.25) is 0 Å². The number of rotatable bonds is 2. The molecule has 0 aromatic heterocycles. The fourth-order valence-corrected chi connectivity index (χ4v) is 2.50. The van der Waals surface area contributed by atoms with Crippen LogP contribution in [0.15, 0.2) is 28.7 Å². The summed E-state index contributed by atoms with van der Waals surface area (Å²) in [7, 11) is 0. The van der Waals surface area contributed by atoms with Crippen molar-refractivity contribution in [2.45, 2.75) is 18.9 Å². The van der Waals surface area contributed by atoms with E-state index in [0.717, 1.165) is 29.5 Å². The summed E-state index contributed by atoms with van der Waals surface area (Å²) < 4.78 is 6.36. The second kappa shape index (κ2) is 5.10. The monoisotopic (exact) mass is 270 g/mol. The van der Waals surface area contributed by atoms with E-state index in [0.29, 0.717) is 6.61 Å². The minimum absolute atomic E-state index is 0.234. The van der Waals surface area contributed by atoms with Gasteiger partial charge in [-0.05, 0) is 24.5 Å². The lowest BCUT2D eigenvalue weighted by Crippen LogP contribution is -2.23. The highest BCUT2D eigenvalue weighted by atomic mass is 79.9. The van der Waals surface area contributed by atoms with Gasteiger partial charge in [-0.25, -0.2) is 0 Å². The smallest absolute Gasteiger partial charge is 0.0851 e. The third-order valence-corrected chi connectivity index (χ3v) is 3.59. The van der Waals surface area contributed by atoms with Gasteiger partial charge in [0, 0.05) is 17.0 Å². The Labute approximate surface area is 98.4 Å². The van der Waals surface area contributed by atoms with Crippen molar-refractivity contribution in [3.05, 3.63) is 34.3 Å². The maximum Gasteiger partial charge on any atom is 0.0851 e. The van der Waals surface area contributed by atoms with Gasteiger partial charge in [-0.1, -0.05) is 34.1 Å². The van der Waals surface area contributed by atoms with Crippen molar-refractivity contribution >= 4 is 15.9 Å². The van der Waals surface area contributed by atoms with E-state index in [4.69, 9.17) is 4.74 Å². The molecule has 1 fully saturated rings. The second-order valence-corrected chi connectivity index (χ2v) is 4.80. The molecule has 1 aliphatic heterocycles. The number of benzene rings is 1. The Morgan fingerprint density at radius 1 is 1.40 bits per heavy atom. The number of hydrogen-bond donors (Lipinski definition) is 1. The number of aliphatic hydroxyl groups excluding tert-OH is 1. The molecule has 1 aromatic rings. The summed E-state index contributed by atoms with van der Waals surface area (Å²) in [5, 5.41) is 10.2. The minimum Gasteiger partial charge on any atom is -0.388 e. The largest absolute Gasteiger partial charge is 0.388 e. The van der Waals surface area contributed by atoms with E-state index >= 15 is 0 Å². The maximum atomic E-state index is 10.2. The molecule has 82 valence electrons. The van der Waals surface area contributed by atoms with Crippen molar-refractivity contribution in [1.29, 1.82) is 0 Å². The molecule has 1 N–H and O–H groups in total. The Bertz CT molecular complexity index is 321. The standard InChI is InChI=1S/C12H15BrO2/c13-11-6-2-1-5-10(11)12(14)9-4-3-7-15-8-9/h1-2,5-6,9,12,14H,3-4,7-8H2. The molecule has 1 aromatic carbocycles. The maximum absolute atomic E-state index is 10.2. The van der Waals surface area contributed by atoms with Crippen LogP contribution in [0.3, 0.4) is 0 Å². The van der Waals surface area contributed by atoms with Gasteiger partial charge in [-0.3, -0.25) is 0 Å². The molecule has 0 bridgehead atoms. The van der Waals surface area contributed by atoms with Crippen molar-refractivity contribution in [1.82, 2.24) is 0 Å². The van der Waals surface area contributed by atoms with E-state index in [-0.39, 0.29) is 5.92 Å². The molecule has 0 aliphatic carbocycles. The van der Waals surface area contributed by atoms with Crippen LogP contribution in [0.1, 0.15) is 24.5 Å². The molecule has 15 heavy (non-hydrogen) atoms. The van der Waals surface area contributed by atoms with Crippen LogP contribution in [0.5, 0.6) is 0 Å². The summed E-state index contributed by atoms with van der Waals surface area (Å²) in [4.78, 5) is 0. The SMILES string of the molecule is OC(c1ccccc1Br)C1CCCOC1. The van der Waals surface area contributed by atoms with Crippen LogP contribution < -0.4 is 0 Å². The van der Waals surface area contributed by atoms with Gasteiger partial charge in [0.1, 0.15) is 0 Å². The van der Waals surface area contributed by atoms with Gasteiger partial charge in [-0.15, -0.1) is 0 Å². The third kappa shape index (κ3) is 2.60. The lowest BCUT2D eigenvalue weighted by molar-refractivity contribution is -0.0102. The Hall–Kier alpha value is -0.380. The van der Waals surface area contributed by atoms with Crippen molar-refractivity contribution in [3.8, 4) is 0 Å². The van der Waals surface area contributed by atoms with Gasteiger partial charge in [0.15, 0.2) is 0 Å². The predicted molar refractivity (Wildman–Crippen MR) is 62.6 cm³/mol. The highest BCUT2D eigenvalue weighted by molar-refractivity contribution is 9.10. The molecule has 2 nitrogen and oxygen atoms in total. The number of halogens is 1. The molecule has 2 unspecified atom stereocenters. The zero-order valence-corrected chi connectivity index (χ0v) is 10.1. The highest BCUT2D eigenvalue weighted by Gasteiger charge is 2.24. The quantitative estimate of drug-likeness (QED) is 0.896. The fourth-order valence-electron chi connectivity index (χ4n) is 1.98. The van der Waals surface area contributed by atoms with Gasteiger partial charge in [0.05, 0.1) is 12.7 Å². The van der Waals surface area contributed by atoms with E-state index < -0.39 is 6.10 Å². The molecule has 0 saturated carbocycles. The molecule has 0 radical (unpaired) electrons. The third-order valence-electron chi connectivity index (χ3n) is 2.87. The van der Waals surface area contributed by atoms with Crippen molar-refractivity contribution in [3.63, 3.8) is 0 Å². The molecule has 1 aliphatic rings. The summed E-state index contributed by atoms with van der Waals surface area (Å²) >= 11 is 3.46. The summed E-state index contributed by atoms with van der Waals surface area (Å²) in [6.45, 7) is 1.50. The number of hydrogen-bond acceptors (Lipinski definition) is 2. The predicted octanol–water partition coefficient (Wildman–Crippen LogP) is 2.91. The molecule has 3 heteroatoms. The number of ether oxygens (including phenoxy) is 1. The molecule has 1 saturated heterocycles. The molecule has 0 amide bonds. The van der Waals surface area contributed by atoms with Gasteiger partial charge in [-0.2, -0.15) is 0 Å². The lowest BCUT2D eigenvalue weighted by Gasteiger charge is -2.27. The van der Waals surface area contributed by atoms with E-state index in [1.54, 1.807) is 0 Å². The second-order valence-electron chi connectivity index (χ2n) is 3.94. The van der Waals surface area contributed by atoms with E-state index in [1.807, 2.05) is 24.3 Å². The summed E-state index contributed by atoms with van der Waals surface area (Å²) in [5.41, 5.74) is 0.966. The Balaban J connectivity index is 2.12. The van der Waals surface area contributed by atoms with Crippen molar-refractivity contribution < 1.29 is 9.84 Å². The molecule has 2 rings (SSSR count). The van der Waals surface area contributed by atoms with Gasteiger partial charge >= 0.3 is 0 Å². The van der Waals surface area contributed by atoms with E-state index in [2.05, 4.69) is 15.9 Å². The Morgan fingerprint density at radius 3 is 2.87 bits per heavy atom. The minimum atomic E-state index is -0.416. The summed E-state index contributed by atoms with van der Waals surface area (Å²) in [6.07, 6.45) is 1.68. The topological polar surface area (TPSA) is 29.5 Å². The van der Waals surface area contributed by atoms with Crippen LogP contribution in [-0.4, -0.2) is 18.3 Å². The van der Waals surface area contributed by atoms with E-state index in [9.17, 15) is 5.11 Å². The highest BCUT2D eigenvalue weighted by Crippen LogP contribution is 2.32. The average molecular weight is 271 g/mol. The Kier molecular flexibility index (Phi) is 3.78. The van der Waals surface area contributed by atoms with Crippen LogP contribution in [-0.2, 0) is 4.74 Å². The van der Waals surface area contributed by atoms with Gasteiger partial charge in [0.25, 0.3) is 0 Å². The van der Waals surface area contributed by atoms with Crippen molar-refractivity contribution in [2.24, 2.45) is 5.92 Å². The van der Waals surface area contributed by atoms with Gasteiger partial charge in [0.2, 0.25) is 0 Å². The zero-order chi connectivity index (χ0) is 10.7. The van der Waals surface area contributed by atoms with E-state index in [1.165, 1.54) is 0 Å². The Morgan fingerprint density at radius 2 is 2.20 bits per heavy atom. The normalized spacial score (nSPS) is 23.7. The molecular weight excluding hydrogens is 256 g/mol.